The van der Waals surface area contributed by atoms with Gasteiger partial charge in [-0.3, -0.25) is 4.79 Å². The maximum Gasteiger partial charge on any atom is 0.248 e. The summed E-state index contributed by atoms with van der Waals surface area (Å²) < 4.78 is 19.4. The van der Waals surface area contributed by atoms with Crippen molar-refractivity contribution in [3.63, 3.8) is 0 Å². The Hall–Kier alpha value is -2.25. The van der Waals surface area contributed by atoms with Crippen molar-refractivity contribution in [2.75, 3.05) is 44.8 Å². The molecule has 156 valence electrons. The number of amides is 1. The van der Waals surface area contributed by atoms with Crippen LogP contribution in [-0.4, -0.2) is 60.7 Å². The van der Waals surface area contributed by atoms with Crippen molar-refractivity contribution in [2.45, 2.75) is 26.7 Å². The zero-order chi connectivity index (χ0) is 21.0. The van der Waals surface area contributed by atoms with Crippen LogP contribution < -0.4 is 4.90 Å². The minimum Gasteiger partial charge on any atom is -0.375 e. The first-order valence-corrected chi connectivity index (χ1v) is 10.1. The lowest BCUT2D eigenvalue weighted by Crippen LogP contribution is -2.50. The van der Waals surface area contributed by atoms with Crippen LogP contribution in [0.5, 0.6) is 0 Å². The molecule has 0 radical (unpaired) electrons. The Kier molecular flexibility index (Phi) is 7.03. The van der Waals surface area contributed by atoms with E-state index in [1.165, 1.54) is 13.2 Å². The molecule has 1 aliphatic heterocycles. The number of carbonyl (C=O) groups excluding carboxylic acids is 1. The molecule has 0 saturated carbocycles. The van der Waals surface area contributed by atoms with Gasteiger partial charge in [0.15, 0.2) is 0 Å². The zero-order valence-electron chi connectivity index (χ0n) is 17.0. The van der Waals surface area contributed by atoms with E-state index in [1.54, 1.807) is 17.0 Å². The molecule has 8 heteroatoms. The number of hydrogen-bond donors (Lipinski definition) is 0. The number of hydrogen-bond acceptors (Lipinski definition) is 5. The molecule has 0 aliphatic carbocycles. The molecule has 1 saturated heterocycles. The molecule has 0 spiro atoms. The van der Waals surface area contributed by atoms with Crippen molar-refractivity contribution < 1.29 is 13.9 Å². The fourth-order valence-electron chi connectivity index (χ4n) is 3.63. The molecular weight excluding hydrogens is 395 g/mol. The summed E-state index contributed by atoms with van der Waals surface area (Å²) in [5.41, 5.74) is 2.23. The number of benzene rings is 1. The molecule has 3 rings (SSSR count). The van der Waals surface area contributed by atoms with Crippen molar-refractivity contribution in [3.8, 4) is 0 Å². The monoisotopic (exact) mass is 420 g/mol. The summed E-state index contributed by atoms with van der Waals surface area (Å²) in [6, 6.07) is 4.72. The van der Waals surface area contributed by atoms with Crippen LogP contribution in [0.4, 0.5) is 10.2 Å². The number of aromatic nitrogens is 2. The lowest BCUT2D eigenvalue weighted by molar-refractivity contribution is -0.135. The highest BCUT2D eigenvalue weighted by Crippen LogP contribution is 2.29. The average Bonchev–Trinajstić information content (AvgIpc) is 2.71. The summed E-state index contributed by atoms with van der Waals surface area (Å²) in [6.45, 7) is 6.45. The van der Waals surface area contributed by atoms with Crippen molar-refractivity contribution in [1.82, 2.24) is 14.9 Å². The van der Waals surface area contributed by atoms with E-state index in [0.29, 0.717) is 55.4 Å². The topological polar surface area (TPSA) is 58.6 Å². The molecule has 0 bridgehead atoms. The highest BCUT2D eigenvalue weighted by Gasteiger charge is 2.25. The van der Waals surface area contributed by atoms with Gasteiger partial charge in [-0.15, -0.1) is 0 Å². The SMILES string of the molecule is CCc1nc(C)nc(N2CCN(C(=O)COC)CC2)c1Cc1c(F)cccc1Cl. The number of rotatable bonds is 6. The molecule has 0 atom stereocenters. The standard InChI is InChI=1S/C21H26ClFN4O2/c1-4-19-16(12-15-17(22)6-5-7-18(15)23)21(25-14(2)24-19)27-10-8-26(9-11-27)20(28)13-29-3/h5-7H,4,8-13H2,1-3H3. The quantitative estimate of drug-likeness (QED) is 0.719. The van der Waals surface area contributed by atoms with Crippen LogP contribution >= 0.6 is 11.6 Å². The molecule has 2 aromatic rings. The number of halogens is 2. The van der Waals surface area contributed by atoms with E-state index in [4.69, 9.17) is 16.3 Å². The van der Waals surface area contributed by atoms with Gasteiger partial charge in [-0.25, -0.2) is 14.4 Å². The molecule has 2 heterocycles. The first-order valence-electron chi connectivity index (χ1n) is 9.75. The summed E-state index contributed by atoms with van der Waals surface area (Å²) in [6.07, 6.45) is 1.04. The lowest BCUT2D eigenvalue weighted by Gasteiger charge is -2.36. The van der Waals surface area contributed by atoms with E-state index in [2.05, 4.69) is 14.9 Å². The fraction of sp³-hybridized carbons (Fsp3) is 0.476. The largest absolute Gasteiger partial charge is 0.375 e. The summed E-state index contributed by atoms with van der Waals surface area (Å²) in [5, 5.41) is 0.397. The van der Waals surface area contributed by atoms with Gasteiger partial charge in [0, 0.05) is 61.6 Å². The molecule has 6 nitrogen and oxygen atoms in total. The lowest BCUT2D eigenvalue weighted by atomic mass is 10.0. The molecule has 0 unspecified atom stereocenters. The van der Waals surface area contributed by atoms with Crippen LogP contribution in [0.2, 0.25) is 5.02 Å². The van der Waals surface area contributed by atoms with Gasteiger partial charge in [-0.05, 0) is 25.5 Å². The maximum atomic E-state index is 14.4. The van der Waals surface area contributed by atoms with E-state index in [9.17, 15) is 9.18 Å². The Morgan fingerprint density at radius 3 is 2.55 bits per heavy atom. The van der Waals surface area contributed by atoms with E-state index >= 15 is 0 Å². The second kappa shape index (κ2) is 9.50. The zero-order valence-corrected chi connectivity index (χ0v) is 17.8. The van der Waals surface area contributed by atoms with Crippen molar-refractivity contribution in [1.29, 1.82) is 0 Å². The number of piperazine rings is 1. The van der Waals surface area contributed by atoms with Crippen molar-refractivity contribution >= 4 is 23.3 Å². The predicted molar refractivity (Wildman–Crippen MR) is 111 cm³/mol. The number of anilines is 1. The van der Waals surface area contributed by atoms with Gasteiger partial charge in [0.05, 0.1) is 0 Å². The third-order valence-electron chi connectivity index (χ3n) is 5.13. The van der Waals surface area contributed by atoms with Gasteiger partial charge in [0.2, 0.25) is 5.91 Å². The van der Waals surface area contributed by atoms with Crippen LogP contribution in [0.3, 0.4) is 0 Å². The molecular formula is C21H26ClFN4O2. The first kappa shape index (κ1) is 21.5. The highest BCUT2D eigenvalue weighted by molar-refractivity contribution is 6.31. The number of ether oxygens (including phenoxy) is 1. The Bertz CT molecular complexity index is 865. The van der Waals surface area contributed by atoms with Gasteiger partial charge in [0.1, 0.15) is 24.1 Å². The van der Waals surface area contributed by atoms with Crippen LogP contribution in [0.25, 0.3) is 0 Å². The maximum absolute atomic E-state index is 14.4. The molecule has 1 fully saturated rings. The van der Waals surface area contributed by atoms with Crippen LogP contribution in [-0.2, 0) is 22.4 Å². The van der Waals surface area contributed by atoms with Crippen molar-refractivity contribution in [3.05, 3.63) is 51.7 Å². The predicted octanol–water partition coefficient (Wildman–Crippen LogP) is 3.03. The second-order valence-corrected chi connectivity index (χ2v) is 7.46. The summed E-state index contributed by atoms with van der Waals surface area (Å²) in [4.78, 5) is 25.3. The minimum absolute atomic E-state index is 0.0152. The molecule has 1 aromatic heterocycles. The first-order chi connectivity index (χ1) is 13.9. The Morgan fingerprint density at radius 1 is 1.21 bits per heavy atom. The summed E-state index contributed by atoms with van der Waals surface area (Å²) in [5.74, 6) is 1.13. The summed E-state index contributed by atoms with van der Waals surface area (Å²) >= 11 is 6.28. The smallest absolute Gasteiger partial charge is 0.248 e. The Balaban J connectivity index is 1.91. The fourth-order valence-corrected chi connectivity index (χ4v) is 3.86. The molecule has 29 heavy (non-hydrogen) atoms. The van der Waals surface area contributed by atoms with E-state index < -0.39 is 0 Å². The molecule has 1 amide bonds. The van der Waals surface area contributed by atoms with Crippen LogP contribution in [0, 0.1) is 12.7 Å². The van der Waals surface area contributed by atoms with Gasteiger partial charge < -0.3 is 14.5 Å². The molecule has 1 aliphatic rings. The van der Waals surface area contributed by atoms with Crippen molar-refractivity contribution in [2.24, 2.45) is 0 Å². The number of nitrogens with zero attached hydrogens (tertiary/aromatic N) is 4. The van der Waals surface area contributed by atoms with Crippen LogP contribution in [0.15, 0.2) is 18.2 Å². The van der Waals surface area contributed by atoms with Gasteiger partial charge >= 0.3 is 0 Å². The Labute approximate surface area is 175 Å². The van der Waals surface area contributed by atoms with E-state index in [-0.39, 0.29) is 18.3 Å². The third-order valence-corrected chi connectivity index (χ3v) is 5.49. The normalized spacial score (nSPS) is 14.4. The van der Waals surface area contributed by atoms with E-state index in [0.717, 1.165) is 17.1 Å². The Morgan fingerprint density at radius 2 is 1.93 bits per heavy atom. The van der Waals surface area contributed by atoms with Gasteiger partial charge in [-0.1, -0.05) is 24.6 Å². The number of aryl methyl sites for hydroxylation is 2. The van der Waals surface area contributed by atoms with Gasteiger partial charge in [0.25, 0.3) is 0 Å². The van der Waals surface area contributed by atoms with Gasteiger partial charge in [-0.2, -0.15) is 0 Å². The summed E-state index contributed by atoms with van der Waals surface area (Å²) in [7, 11) is 1.52. The van der Waals surface area contributed by atoms with E-state index in [1.807, 2.05) is 13.8 Å². The molecule has 1 aromatic carbocycles. The highest BCUT2D eigenvalue weighted by atomic mass is 35.5. The number of methoxy groups -OCH3 is 1. The van der Waals surface area contributed by atoms with Crippen LogP contribution in [0.1, 0.15) is 29.6 Å². The second-order valence-electron chi connectivity index (χ2n) is 7.05. The number of carbonyl (C=O) groups is 1. The minimum atomic E-state index is -0.332. The average molecular weight is 421 g/mol. The third kappa shape index (κ3) is 4.85. The molecule has 0 N–H and O–H groups in total.